The van der Waals surface area contributed by atoms with Crippen molar-refractivity contribution in [3.63, 3.8) is 0 Å². The minimum Gasteiger partial charge on any atom is -0.744 e. The zero-order valence-corrected chi connectivity index (χ0v) is 14.6. The summed E-state index contributed by atoms with van der Waals surface area (Å²) in [6.45, 7) is 0. The smallest absolute Gasteiger partial charge is 0.163 e. The Morgan fingerprint density at radius 2 is 1.52 bits per heavy atom. The third kappa shape index (κ3) is 4.20. The molecular formula is C15H6N4O6S2-2. The molecule has 0 aliphatic carbocycles. The van der Waals surface area contributed by atoms with Gasteiger partial charge < -0.3 is 14.4 Å². The van der Waals surface area contributed by atoms with Gasteiger partial charge in [0.1, 0.15) is 44.1 Å². The van der Waals surface area contributed by atoms with Gasteiger partial charge in [0, 0.05) is 5.69 Å². The quantitative estimate of drug-likeness (QED) is 0.565. The van der Waals surface area contributed by atoms with E-state index in [2.05, 4.69) is 5.32 Å². The minimum atomic E-state index is -5.10. The monoisotopic (exact) mass is 402 g/mol. The van der Waals surface area contributed by atoms with Crippen molar-refractivity contribution >= 4 is 36.7 Å². The number of anilines is 1. The average molecular weight is 402 g/mol. The molecule has 0 bridgehead atoms. The van der Waals surface area contributed by atoms with E-state index in [1.54, 1.807) is 6.07 Å². The molecule has 0 amide bonds. The van der Waals surface area contributed by atoms with Gasteiger partial charge in [-0.25, -0.2) is 16.8 Å². The molecule has 0 unspecified atom stereocenters. The van der Waals surface area contributed by atoms with Crippen LogP contribution in [-0.2, 0) is 20.2 Å². The number of hydrogen-bond donors (Lipinski definition) is 1. The van der Waals surface area contributed by atoms with Crippen LogP contribution in [-0.4, -0.2) is 25.9 Å². The number of rotatable bonds is 4. The van der Waals surface area contributed by atoms with Gasteiger partial charge in [-0.3, -0.25) is 0 Å². The van der Waals surface area contributed by atoms with E-state index in [1.807, 2.05) is 0 Å². The lowest BCUT2D eigenvalue weighted by molar-refractivity contribution is 0.462. The van der Waals surface area contributed by atoms with Gasteiger partial charge >= 0.3 is 0 Å². The first kappa shape index (κ1) is 19.8. The first-order valence-electron chi connectivity index (χ1n) is 6.72. The molecule has 0 fully saturated rings. The Kier molecular flexibility index (Phi) is 5.17. The molecular weight excluding hydrogens is 396 g/mol. The number of benzene rings is 2. The second-order valence-corrected chi connectivity index (χ2v) is 7.70. The van der Waals surface area contributed by atoms with Gasteiger partial charge in [-0.15, -0.1) is 0 Å². The Morgan fingerprint density at radius 1 is 0.889 bits per heavy atom. The maximum absolute atomic E-state index is 11.4. The van der Waals surface area contributed by atoms with Crippen LogP contribution in [0.4, 0.5) is 5.69 Å². The Morgan fingerprint density at radius 3 is 2.00 bits per heavy atom. The highest BCUT2D eigenvalue weighted by Crippen LogP contribution is 2.29. The molecule has 0 saturated carbocycles. The van der Waals surface area contributed by atoms with Gasteiger partial charge in [-0.2, -0.15) is 15.8 Å². The maximum atomic E-state index is 11.4. The highest BCUT2D eigenvalue weighted by Gasteiger charge is 2.14. The maximum Gasteiger partial charge on any atom is 0.163 e. The van der Waals surface area contributed by atoms with Crippen LogP contribution in [0.1, 0.15) is 0 Å². The molecule has 1 N–H and O–H groups in total. The van der Waals surface area contributed by atoms with Crippen LogP contribution >= 0.6 is 0 Å². The lowest BCUT2D eigenvalue weighted by Crippen LogP contribution is -2.05. The zero-order valence-electron chi connectivity index (χ0n) is 13.0. The molecule has 27 heavy (non-hydrogen) atoms. The van der Waals surface area contributed by atoms with Crippen LogP contribution in [0.25, 0.3) is 10.8 Å². The van der Waals surface area contributed by atoms with Crippen molar-refractivity contribution in [2.45, 2.75) is 9.79 Å². The fourth-order valence-corrected chi connectivity index (χ4v) is 3.50. The zero-order chi connectivity index (χ0) is 20.4. The van der Waals surface area contributed by atoms with Gasteiger partial charge in [0.25, 0.3) is 0 Å². The first-order valence-corrected chi connectivity index (χ1v) is 9.54. The number of nitrogens with zero attached hydrogens (tertiary/aromatic N) is 3. The minimum absolute atomic E-state index is 0.0803. The van der Waals surface area contributed by atoms with Gasteiger partial charge in [0.2, 0.25) is 0 Å². The highest BCUT2D eigenvalue weighted by molar-refractivity contribution is 7.86. The van der Waals surface area contributed by atoms with E-state index < -0.39 is 41.3 Å². The van der Waals surface area contributed by atoms with Crippen LogP contribution in [0, 0.1) is 34.0 Å². The van der Waals surface area contributed by atoms with Gasteiger partial charge in [0.15, 0.2) is 5.57 Å². The van der Waals surface area contributed by atoms with E-state index >= 15 is 0 Å². The van der Waals surface area contributed by atoms with Crippen molar-refractivity contribution in [2.24, 2.45) is 0 Å². The summed E-state index contributed by atoms with van der Waals surface area (Å²) in [5.41, 5.74) is -0.836. The van der Waals surface area contributed by atoms with Crippen molar-refractivity contribution in [3.05, 3.63) is 41.6 Å². The van der Waals surface area contributed by atoms with E-state index in [9.17, 15) is 25.9 Å². The molecule has 0 aromatic heterocycles. The number of nitrogens with one attached hydrogen (secondary N) is 1. The highest BCUT2D eigenvalue weighted by atomic mass is 32.2. The molecule has 0 saturated heterocycles. The molecule has 0 aliphatic rings. The molecule has 136 valence electrons. The van der Waals surface area contributed by atoms with Crippen LogP contribution < -0.4 is 5.32 Å². The van der Waals surface area contributed by atoms with Crippen LogP contribution in [0.15, 0.2) is 51.4 Å². The molecule has 0 atom stereocenters. The Balaban J connectivity index is 2.78. The van der Waals surface area contributed by atoms with Crippen molar-refractivity contribution in [2.75, 3.05) is 5.32 Å². The van der Waals surface area contributed by atoms with Crippen molar-refractivity contribution in [1.29, 1.82) is 15.8 Å². The largest absolute Gasteiger partial charge is 0.744 e. The molecule has 2 rings (SSSR count). The van der Waals surface area contributed by atoms with E-state index in [-0.39, 0.29) is 16.5 Å². The van der Waals surface area contributed by atoms with Crippen LogP contribution in [0.2, 0.25) is 0 Å². The lowest BCUT2D eigenvalue weighted by Gasteiger charge is -2.16. The first-order chi connectivity index (χ1) is 12.5. The Bertz CT molecular complexity index is 1310. The summed E-state index contributed by atoms with van der Waals surface area (Å²) in [4.78, 5) is -1.82. The Hall–Kier alpha value is -3.47. The van der Waals surface area contributed by atoms with E-state index in [4.69, 9.17) is 15.8 Å². The van der Waals surface area contributed by atoms with E-state index in [0.29, 0.717) is 6.07 Å². The predicted octanol–water partition coefficient (Wildman–Crippen LogP) is 0.885. The number of fused-ring (bicyclic) bond motifs is 1. The SMILES string of the molecule is N#CC(C#N)=C(C#N)Nc1ccc2c(S(=O)(=O)[O-])cc(S(=O)(=O)[O-])cc2c1. The standard InChI is InChI=1S/C15H8N4O6S2/c16-6-10(7-17)14(8-18)19-11-1-2-13-9(3-11)4-12(26(20,21)22)5-15(13)27(23,24)25/h1-5,19H,(H,20,21,22)(H,23,24,25)/p-2. The second-order valence-electron chi connectivity index (χ2n) is 4.98. The fraction of sp³-hybridized carbons (Fsp3) is 0. The van der Waals surface area contributed by atoms with E-state index in [0.717, 1.165) is 18.2 Å². The summed E-state index contributed by atoms with van der Waals surface area (Å²) in [6.07, 6.45) is 0. The normalized spacial score (nSPS) is 11.1. The van der Waals surface area contributed by atoms with Gasteiger partial charge in [-0.1, -0.05) is 6.07 Å². The second kappa shape index (κ2) is 7.03. The van der Waals surface area contributed by atoms with Crippen LogP contribution in [0.3, 0.4) is 0 Å². The summed E-state index contributed by atoms with van der Waals surface area (Å²) in [7, 11) is -10.2. The topological polar surface area (TPSA) is 198 Å². The molecule has 0 aliphatic heterocycles. The third-order valence-electron chi connectivity index (χ3n) is 3.30. The summed E-state index contributed by atoms with van der Waals surface area (Å²) >= 11 is 0. The average Bonchev–Trinajstić information content (AvgIpc) is 2.58. The number of allylic oxidation sites excluding steroid dienone is 2. The Labute approximate surface area is 153 Å². The third-order valence-corrected chi connectivity index (χ3v) is 4.99. The molecule has 0 spiro atoms. The summed E-state index contributed by atoms with van der Waals surface area (Å²) in [5.74, 6) is 0. The molecule has 10 nitrogen and oxygen atoms in total. The predicted molar refractivity (Wildman–Crippen MR) is 87.4 cm³/mol. The number of nitriles is 3. The van der Waals surface area contributed by atoms with Crippen molar-refractivity contribution in [3.8, 4) is 18.2 Å². The fourth-order valence-electron chi connectivity index (χ4n) is 2.16. The molecule has 12 heteroatoms. The molecule has 0 heterocycles. The molecule has 2 aromatic rings. The number of hydrogen-bond acceptors (Lipinski definition) is 10. The van der Waals surface area contributed by atoms with Crippen LogP contribution in [0.5, 0.6) is 0 Å². The van der Waals surface area contributed by atoms with Gasteiger partial charge in [0.05, 0.1) is 9.79 Å². The summed E-state index contributed by atoms with van der Waals surface area (Å²) in [5, 5.41) is 28.8. The van der Waals surface area contributed by atoms with E-state index in [1.165, 1.54) is 18.2 Å². The summed E-state index contributed by atoms with van der Waals surface area (Å²) in [6, 6.07) is 9.51. The molecule has 2 aromatic carbocycles. The van der Waals surface area contributed by atoms with Gasteiger partial charge in [-0.05, 0) is 35.0 Å². The lowest BCUT2D eigenvalue weighted by atomic mass is 10.1. The van der Waals surface area contributed by atoms with Crippen molar-refractivity contribution in [1.82, 2.24) is 0 Å². The summed E-state index contributed by atoms with van der Waals surface area (Å²) < 4.78 is 68.0. The van der Waals surface area contributed by atoms with Crippen molar-refractivity contribution < 1.29 is 25.9 Å². The molecule has 0 radical (unpaired) electrons.